The van der Waals surface area contributed by atoms with Gasteiger partial charge in [0, 0.05) is 12.8 Å². The molecule has 0 spiro atoms. The minimum atomic E-state index is -0.608. The van der Waals surface area contributed by atoms with Crippen LogP contribution in [0.4, 0.5) is 0 Å². The lowest BCUT2D eigenvalue weighted by Crippen LogP contribution is -2.51. The van der Waals surface area contributed by atoms with E-state index in [-0.39, 0.29) is 11.3 Å². The summed E-state index contributed by atoms with van der Waals surface area (Å²) in [6.45, 7) is 4.16. The number of hydrogen-bond donors (Lipinski definition) is 1. The SMILES string of the molecule is C[C@@]12CCC[C@](C)(O)[C@@H]1CC(=O)CC2. The molecule has 1 N–H and O–H groups in total. The van der Waals surface area contributed by atoms with Crippen molar-refractivity contribution < 1.29 is 9.90 Å². The van der Waals surface area contributed by atoms with E-state index in [1.807, 2.05) is 6.92 Å². The molecule has 0 heterocycles. The number of carbonyl (C=O) groups excluding carboxylic acids is 1. The van der Waals surface area contributed by atoms with Gasteiger partial charge < -0.3 is 5.11 Å². The van der Waals surface area contributed by atoms with E-state index < -0.39 is 5.60 Å². The molecule has 0 aromatic carbocycles. The average molecular weight is 196 g/mol. The molecule has 2 heteroatoms. The molecule has 0 aromatic heterocycles. The van der Waals surface area contributed by atoms with Crippen LogP contribution in [0.15, 0.2) is 0 Å². The molecule has 0 amide bonds. The molecule has 2 aliphatic carbocycles. The Labute approximate surface area is 85.7 Å². The molecule has 80 valence electrons. The number of carbonyl (C=O) groups is 1. The van der Waals surface area contributed by atoms with Crippen molar-refractivity contribution in [3.63, 3.8) is 0 Å². The van der Waals surface area contributed by atoms with Gasteiger partial charge in [-0.15, -0.1) is 0 Å². The molecule has 0 aliphatic heterocycles. The zero-order chi connectivity index (χ0) is 10.4. The number of rotatable bonds is 0. The van der Waals surface area contributed by atoms with Crippen LogP contribution in [0, 0.1) is 11.3 Å². The van der Waals surface area contributed by atoms with Gasteiger partial charge in [-0.25, -0.2) is 0 Å². The molecule has 0 bridgehead atoms. The largest absolute Gasteiger partial charge is 0.390 e. The Morgan fingerprint density at radius 2 is 2.00 bits per heavy atom. The highest BCUT2D eigenvalue weighted by Crippen LogP contribution is 2.53. The first-order valence-corrected chi connectivity index (χ1v) is 5.68. The normalized spacial score (nSPS) is 48.8. The van der Waals surface area contributed by atoms with Crippen LogP contribution in [0.3, 0.4) is 0 Å². The lowest BCUT2D eigenvalue weighted by molar-refractivity contribution is -0.143. The number of fused-ring (bicyclic) bond motifs is 1. The predicted octanol–water partition coefficient (Wildman–Crippen LogP) is 2.30. The number of hydrogen-bond acceptors (Lipinski definition) is 2. The van der Waals surface area contributed by atoms with E-state index in [1.54, 1.807) is 0 Å². The summed E-state index contributed by atoms with van der Waals surface area (Å²) in [5, 5.41) is 10.3. The Balaban J connectivity index is 2.26. The van der Waals surface area contributed by atoms with Crippen LogP contribution in [0.2, 0.25) is 0 Å². The Kier molecular flexibility index (Phi) is 2.22. The van der Waals surface area contributed by atoms with Crippen molar-refractivity contribution in [1.29, 1.82) is 0 Å². The summed E-state index contributed by atoms with van der Waals surface area (Å²) in [6.07, 6.45) is 5.45. The first-order chi connectivity index (χ1) is 6.44. The van der Waals surface area contributed by atoms with Crippen molar-refractivity contribution in [2.75, 3.05) is 0 Å². The third-order valence-electron chi connectivity index (χ3n) is 4.43. The average Bonchev–Trinajstić information content (AvgIpc) is 2.08. The smallest absolute Gasteiger partial charge is 0.133 e. The fourth-order valence-corrected chi connectivity index (χ4v) is 3.47. The summed E-state index contributed by atoms with van der Waals surface area (Å²) in [4.78, 5) is 11.4. The number of aliphatic hydroxyl groups is 1. The summed E-state index contributed by atoms with van der Waals surface area (Å²) >= 11 is 0. The molecule has 2 saturated carbocycles. The monoisotopic (exact) mass is 196 g/mol. The maximum absolute atomic E-state index is 11.4. The van der Waals surface area contributed by atoms with E-state index in [2.05, 4.69) is 6.92 Å². The maximum atomic E-state index is 11.4. The van der Waals surface area contributed by atoms with Gasteiger partial charge in [0.05, 0.1) is 5.60 Å². The molecule has 14 heavy (non-hydrogen) atoms. The molecule has 0 saturated heterocycles. The van der Waals surface area contributed by atoms with Gasteiger partial charge >= 0.3 is 0 Å². The first kappa shape index (κ1) is 10.2. The van der Waals surface area contributed by atoms with Crippen molar-refractivity contribution in [3.05, 3.63) is 0 Å². The highest BCUT2D eigenvalue weighted by atomic mass is 16.3. The van der Waals surface area contributed by atoms with Gasteiger partial charge in [-0.05, 0) is 37.5 Å². The highest BCUT2D eigenvalue weighted by molar-refractivity contribution is 5.79. The third-order valence-corrected chi connectivity index (χ3v) is 4.43. The van der Waals surface area contributed by atoms with E-state index in [9.17, 15) is 9.90 Å². The van der Waals surface area contributed by atoms with Gasteiger partial charge in [-0.3, -0.25) is 4.79 Å². The third kappa shape index (κ3) is 1.50. The van der Waals surface area contributed by atoms with Crippen molar-refractivity contribution >= 4 is 5.78 Å². The van der Waals surface area contributed by atoms with Gasteiger partial charge in [-0.2, -0.15) is 0 Å². The van der Waals surface area contributed by atoms with Crippen molar-refractivity contribution in [3.8, 4) is 0 Å². The minimum Gasteiger partial charge on any atom is -0.390 e. The lowest BCUT2D eigenvalue weighted by atomic mass is 9.55. The first-order valence-electron chi connectivity index (χ1n) is 5.68. The van der Waals surface area contributed by atoms with Gasteiger partial charge in [-0.1, -0.05) is 13.3 Å². The maximum Gasteiger partial charge on any atom is 0.133 e. The summed E-state index contributed by atoms with van der Waals surface area (Å²) < 4.78 is 0. The van der Waals surface area contributed by atoms with Gasteiger partial charge in [0.1, 0.15) is 5.78 Å². The summed E-state index contributed by atoms with van der Waals surface area (Å²) in [7, 11) is 0. The molecule has 2 nitrogen and oxygen atoms in total. The standard InChI is InChI=1S/C12H20O2/c1-11-5-3-6-12(2,14)10(11)8-9(13)4-7-11/h10,14H,3-8H2,1-2H3/t10-,11+,12+/m1/s1. The van der Waals surface area contributed by atoms with Crippen LogP contribution >= 0.6 is 0 Å². The van der Waals surface area contributed by atoms with Crippen molar-refractivity contribution in [2.45, 2.75) is 58.0 Å². The zero-order valence-electron chi connectivity index (χ0n) is 9.18. The van der Waals surface area contributed by atoms with Crippen molar-refractivity contribution in [1.82, 2.24) is 0 Å². The van der Waals surface area contributed by atoms with E-state index >= 15 is 0 Å². The van der Waals surface area contributed by atoms with Crippen LogP contribution < -0.4 is 0 Å². The molecule has 2 aliphatic rings. The van der Waals surface area contributed by atoms with E-state index in [0.717, 1.165) is 25.7 Å². The van der Waals surface area contributed by atoms with Crippen LogP contribution in [-0.2, 0) is 4.79 Å². The van der Waals surface area contributed by atoms with Crippen LogP contribution in [-0.4, -0.2) is 16.5 Å². The molecule has 3 atom stereocenters. The summed E-state index contributed by atoms with van der Waals surface area (Å²) in [5.41, 5.74) is -0.390. The zero-order valence-corrected chi connectivity index (χ0v) is 9.18. The molecule has 2 rings (SSSR count). The molecular formula is C12H20O2. The number of Topliss-reactive ketones (excluding diaryl/α,β-unsaturated/α-hetero) is 1. The van der Waals surface area contributed by atoms with Gasteiger partial charge in [0.15, 0.2) is 0 Å². The van der Waals surface area contributed by atoms with Crippen LogP contribution in [0.25, 0.3) is 0 Å². The molecule has 0 radical (unpaired) electrons. The molecule has 0 unspecified atom stereocenters. The summed E-state index contributed by atoms with van der Waals surface area (Å²) in [5.74, 6) is 0.541. The fraction of sp³-hybridized carbons (Fsp3) is 0.917. The molecular weight excluding hydrogens is 176 g/mol. The second kappa shape index (κ2) is 3.06. The van der Waals surface area contributed by atoms with Crippen LogP contribution in [0.5, 0.6) is 0 Å². The Morgan fingerprint density at radius 3 is 2.71 bits per heavy atom. The predicted molar refractivity (Wildman–Crippen MR) is 54.9 cm³/mol. The fourth-order valence-electron chi connectivity index (χ4n) is 3.47. The van der Waals surface area contributed by atoms with Gasteiger partial charge in [0.25, 0.3) is 0 Å². The topological polar surface area (TPSA) is 37.3 Å². The van der Waals surface area contributed by atoms with E-state index in [0.29, 0.717) is 12.2 Å². The quantitative estimate of drug-likeness (QED) is 0.645. The van der Waals surface area contributed by atoms with Crippen molar-refractivity contribution in [2.24, 2.45) is 11.3 Å². The lowest BCUT2D eigenvalue weighted by Gasteiger charge is -2.51. The Morgan fingerprint density at radius 1 is 1.29 bits per heavy atom. The van der Waals surface area contributed by atoms with Crippen LogP contribution in [0.1, 0.15) is 52.4 Å². The van der Waals surface area contributed by atoms with E-state index in [1.165, 1.54) is 6.42 Å². The minimum absolute atomic E-state index is 0.199. The Bertz CT molecular complexity index is 257. The second-order valence-electron chi connectivity index (χ2n) is 5.66. The summed E-state index contributed by atoms with van der Waals surface area (Å²) in [6, 6.07) is 0. The number of ketones is 1. The highest BCUT2D eigenvalue weighted by Gasteiger charge is 2.50. The molecule has 0 aromatic rings. The van der Waals surface area contributed by atoms with E-state index in [4.69, 9.17) is 0 Å². The second-order valence-corrected chi connectivity index (χ2v) is 5.66. The van der Waals surface area contributed by atoms with Gasteiger partial charge in [0.2, 0.25) is 0 Å². The Hall–Kier alpha value is -0.370. The molecule has 2 fully saturated rings.